The fourth-order valence-electron chi connectivity index (χ4n) is 2.66. The monoisotopic (exact) mass is 289 g/mol. The summed E-state index contributed by atoms with van der Waals surface area (Å²) < 4.78 is 0. The Hall–Kier alpha value is -1.22. The Labute approximate surface area is 126 Å². The number of hydrogen-bond acceptors (Lipinski definition) is 2. The third-order valence-electron chi connectivity index (χ3n) is 3.68. The van der Waals surface area contributed by atoms with Gasteiger partial charge < -0.3 is 4.90 Å². The molecule has 108 valence electrons. The molecule has 0 radical (unpaired) electrons. The number of rotatable bonds is 4. The van der Waals surface area contributed by atoms with E-state index < -0.39 is 0 Å². The van der Waals surface area contributed by atoms with Gasteiger partial charge in [-0.2, -0.15) is 0 Å². The minimum atomic E-state index is 0.0478. The first-order valence-electron chi connectivity index (χ1n) is 7.35. The van der Waals surface area contributed by atoms with E-state index in [9.17, 15) is 4.79 Å². The molecule has 0 saturated carbocycles. The van der Waals surface area contributed by atoms with Gasteiger partial charge >= 0.3 is 0 Å². The SMILES string of the molecule is C=C/C=C(\C=C/C)C1=CC(C(=O)N2CCCCC2)CS1. The molecule has 20 heavy (non-hydrogen) atoms. The number of thioether (sulfide) groups is 1. The average molecular weight is 289 g/mol. The highest BCUT2D eigenvalue weighted by molar-refractivity contribution is 8.03. The predicted octanol–water partition coefficient (Wildman–Crippen LogP) is 3.93. The van der Waals surface area contributed by atoms with E-state index in [-0.39, 0.29) is 5.92 Å². The number of amides is 1. The lowest BCUT2D eigenvalue weighted by molar-refractivity contribution is -0.134. The molecule has 0 spiro atoms. The van der Waals surface area contributed by atoms with Gasteiger partial charge in [-0.1, -0.05) is 37.0 Å². The third kappa shape index (κ3) is 3.66. The van der Waals surface area contributed by atoms with E-state index in [2.05, 4.69) is 18.7 Å². The highest BCUT2D eigenvalue weighted by Crippen LogP contribution is 2.36. The summed E-state index contributed by atoms with van der Waals surface area (Å²) in [6, 6.07) is 0. The minimum Gasteiger partial charge on any atom is -0.342 e. The van der Waals surface area contributed by atoms with Gasteiger partial charge in [0.25, 0.3) is 0 Å². The molecule has 1 fully saturated rings. The maximum absolute atomic E-state index is 12.5. The zero-order valence-corrected chi connectivity index (χ0v) is 13.0. The Kier molecular flexibility index (Phi) is 5.72. The zero-order valence-electron chi connectivity index (χ0n) is 12.2. The van der Waals surface area contributed by atoms with E-state index in [1.54, 1.807) is 17.8 Å². The smallest absolute Gasteiger partial charge is 0.230 e. The summed E-state index contributed by atoms with van der Waals surface area (Å²) in [5, 5.41) is 0. The molecule has 2 rings (SSSR count). The van der Waals surface area contributed by atoms with Crippen LogP contribution in [0.3, 0.4) is 0 Å². The summed E-state index contributed by atoms with van der Waals surface area (Å²) in [6.07, 6.45) is 13.6. The molecular formula is C17H23NOS. The number of likely N-dealkylation sites (tertiary alicyclic amines) is 1. The summed E-state index contributed by atoms with van der Waals surface area (Å²) in [5.41, 5.74) is 1.15. The molecular weight excluding hydrogens is 266 g/mol. The van der Waals surface area contributed by atoms with Crippen LogP contribution in [-0.2, 0) is 4.79 Å². The van der Waals surface area contributed by atoms with Crippen LogP contribution in [0.15, 0.2) is 47.4 Å². The molecule has 1 amide bonds. The van der Waals surface area contributed by atoms with Crippen molar-refractivity contribution >= 4 is 17.7 Å². The van der Waals surface area contributed by atoms with Gasteiger partial charge in [-0.05, 0) is 31.8 Å². The molecule has 1 atom stereocenters. The molecule has 2 nitrogen and oxygen atoms in total. The lowest BCUT2D eigenvalue weighted by Gasteiger charge is -2.28. The van der Waals surface area contributed by atoms with E-state index in [1.807, 2.05) is 24.0 Å². The Balaban J connectivity index is 2.06. The van der Waals surface area contributed by atoms with E-state index >= 15 is 0 Å². The lowest BCUT2D eigenvalue weighted by atomic mass is 10.0. The van der Waals surface area contributed by atoms with Crippen LogP contribution in [0.1, 0.15) is 26.2 Å². The Morgan fingerprint density at radius 1 is 1.40 bits per heavy atom. The maximum atomic E-state index is 12.5. The molecule has 0 aromatic rings. The van der Waals surface area contributed by atoms with Gasteiger partial charge in [-0.25, -0.2) is 0 Å². The summed E-state index contributed by atoms with van der Waals surface area (Å²) in [4.78, 5) is 15.7. The molecule has 0 aliphatic carbocycles. The molecule has 2 aliphatic heterocycles. The van der Waals surface area contributed by atoms with Crippen LogP contribution in [0.2, 0.25) is 0 Å². The number of carbonyl (C=O) groups excluding carboxylic acids is 1. The largest absolute Gasteiger partial charge is 0.342 e. The lowest BCUT2D eigenvalue weighted by Crippen LogP contribution is -2.39. The molecule has 0 aromatic heterocycles. The molecule has 0 aromatic carbocycles. The number of hydrogen-bond donors (Lipinski definition) is 0. The van der Waals surface area contributed by atoms with E-state index in [1.165, 1.54) is 11.3 Å². The maximum Gasteiger partial charge on any atom is 0.230 e. The second kappa shape index (κ2) is 7.53. The fraction of sp³-hybridized carbons (Fsp3) is 0.471. The van der Waals surface area contributed by atoms with Gasteiger partial charge in [-0.15, -0.1) is 11.8 Å². The second-order valence-electron chi connectivity index (χ2n) is 5.19. The fourth-order valence-corrected chi connectivity index (χ4v) is 3.82. The topological polar surface area (TPSA) is 20.3 Å². The van der Waals surface area contributed by atoms with Crippen LogP contribution in [-0.4, -0.2) is 29.6 Å². The van der Waals surface area contributed by atoms with Crippen molar-refractivity contribution in [3.05, 3.63) is 47.4 Å². The van der Waals surface area contributed by atoms with Gasteiger partial charge in [0.2, 0.25) is 5.91 Å². The summed E-state index contributed by atoms with van der Waals surface area (Å²) in [7, 11) is 0. The van der Waals surface area contributed by atoms with Crippen LogP contribution < -0.4 is 0 Å². The summed E-state index contributed by atoms with van der Waals surface area (Å²) >= 11 is 1.78. The van der Waals surface area contributed by atoms with Crippen molar-refractivity contribution in [1.82, 2.24) is 4.90 Å². The summed E-state index contributed by atoms with van der Waals surface area (Å²) in [5.74, 6) is 1.23. The van der Waals surface area contributed by atoms with Crippen LogP contribution in [0.4, 0.5) is 0 Å². The number of carbonyl (C=O) groups is 1. The van der Waals surface area contributed by atoms with Gasteiger partial charge in [-0.3, -0.25) is 4.79 Å². The number of nitrogens with zero attached hydrogens (tertiary/aromatic N) is 1. The first kappa shape index (κ1) is 15.2. The van der Waals surface area contributed by atoms with Crippen LogP contribution in [0.25, 0.3) is 0 Å². The van der Waals surface area contributed by atoms with Crippen molar-refractivity contribution in [2.75, 3.05) is 18.8 Å². The van der Waals surface area contributed by atoms with Crippen LogP contribution in [0, 0.1) is 5.92 Å². The quantitative estimate of drug-likeness (QED) is 0.731. The standard InChI is InChI=1S/C17H23NOS/c1-3-8-14(9-4-2)16-12-15(13-20-16)17(19)18-10-6-5-7-11-18/h3-4,8-9,12,15H,1,5-7,10-11,13H2,2H3/b9-4-,14-8+. The van der Waals surface area contributed by atoms with Crippen LogP contribution in [0.5, 0.6) is 0 Å². The van der Waals surface area contributed by atoms with Crippen molar-refractivity contribution in [3.8, 4) is 0 Å². The average Bonchev–Trinajstić information content (AvgIpc) is 2.97. The highest BCUT2D eigenvalue weighted by atomic mass is 32.2. The Bertz CT molecular complexity index is 456. The van der Waals surface area contributed by atoms with Gasteiger partial charge in [0.1, 0.15) is 0 Å². The van der Waals surface area contributed by atoms with Gasteiger partial charge in [0.05, 0.1) is 5.92 Å². The van der Waals surface area contributed by atoms with Crippen molar-refractivity contribution in [3.63, 3.8) is 0 Å². The number of piperidine rings is 1. The Morgan fingerprint density at radius 2 is 2.15 bits per heavy atom. The molecule has 2 aliphatic rings. The zero-order chi connectivity index (χ0) is 14.4. The molecule has 0 N–H and O–H groups in total. The van der Waals surface area contributed by atoms with E-state index in [4.69, 9.17) is 0 Å². The Morgan fingerprint density at radius 3 is 2.80 bits per heavy atom. The third-order valence-corrected chi connectivity index (χ3v) is 4.89. The predicted molar refractivity (Wildman–Crippen MR) is 87.6 cm³/mol. The minimum absolute atomic E-state index is 0.0478. The second-order valence-corrected chi connectivity index (χ2v) is 6.25. The van der Waals surface area contributed by atoms with Crippen LogP contribution >= 0.6 is 11.8 Å². The highest BCUT2D eigenvalue weighted by Gasteiger charge is 2.28. The van der Waals surface area contributed by atoms with Gasteiger partial charge in [0.15, 0.2) is 0 Å². The first-order chi connectivity index (χ1) is 9.76. The van der Waals surface area contributed by atoms with Crippen molar-refractivity contribution in [2.45, 2.75) is 26.2 Å². The van der Waals surface area contributed by atoms with Gasteiger partial charge in [0, 0.05) is 23.7 Å². The van der Waals surface area contributed by atoms with E-state index in [0.29, 0.717) is 5.91 Å². The van der Waals surface area contributed by atoms with Crippen molar-refractivity contribution in [2.24, 2.45) is 5.92 Å². The van der Waals surface area contributed by atoms with Crippen molar-refractivity contribution < 1.29 is 4.79 Å². The molecule has 0 bridgehead atoms. The number of allylic oxidation sites excluding steroid dienone is 5. The first-order valence-corrected chi connectivity index (χ1v) is 8.34. The van der Waals surface area contributed by atoms with E-state index in [0.717, 1.165) is 37.3 Å². The molecule has 1 saturated heterocycles. The summed E-state index contributed by atoms with van der Waals surface area (Å²) in [6.45, 7) is 7.64. The molecule has 2 heterocycles. The molecule has 3 heteroatoms. The normalized spacial score (nSPS) is 24.1. The molecule has 1 unspecified atom stereocenters. The van der Waals surface area contributed by atoms with Crippen molar-refractivity contribution in [1.29, 1.82) is 0 Å².